The van der Waals surface area contributed by atoms with E-state index in [0.29, 0.717) is 0 Å². The van der Waals surface area contributed by atoms with Gasteiger partial charge in [0.05, 0.1) is 0 Å². The van der Waals surface area contributed by atoms with Gasteiger partial charge in [-0.25, -0.2) is 0 Å². The molecule has 0 heterocycles. The minimum Gasteiger partial charge on any atom is -0.746 e. The van der Waals surface area contributed by atoms with E-state index in [0.717, 1.165) is 0 Å². The highest BCUT2D eigenvalue weighted by Gasteiger charge is 2.01. The highest BCUT2D eigenvalue weighted by molar-refractivity contribution is 7.45. The maximum absolute atomic E-state index is 10.2. The van der Waals surface area contributed by atoms with Crippen molar-refractivity contribution < 1.29 is 18.9 Å². The number of phosphoric ester groups is 1. The molecule has 1 N–H and O–H groups in total. The molecular weight excluding hydrogens is 167 g/mol. The van der Waals surface area contributed by atoms with Crippen LogP contribution < -0.4 is 9.42 Å². The molecule has 0 aliphatic rings. The van der Waals surface area contributed by atoms with Crippen molar-refractivity contribution in [2.45, 2.75) is 0 Å². The highest BCUT2D eigenvalue weighted by Crippen LogP contribution is 2.32. The summed E-state index contributed by atoms with van der Waals surface area (Å²) in [5.74, 6) is 0.105. The average molecular weight is 173 g/mol. The summed E-state index contributed by atoms with van der Waals surface area (Å²) < 4.78 is 14.3. The summed E-state index contributed by atoms with van der Waals surface area (Å²) in [6, 6.07) is 7.78. The van der Waals surface area contributed by atoms with Gasteiger partial charge in [-0.1, -0.05) is 18.2 Å². The lowest BCUT2D eigenvalue weighted by Gasteiger charge is -2.15. The van der Waals surface area contributed by atoms with Crippen LogP contribution in [0.25, 0.3) is 0 Å². The molecule has 4 nitrogen and oxygen atoms in total. The molecule has 1 aromatic rings. The average Bonchev–Trinajstić information content (AvgIpc) is 1.85. The number of benzene rings is 1. The van der Waals surface area contributed by atoms with Crippen molar-refractivity contribution in [3.63, 3.8) is 0 Å². The Morgan fingerprint density at radius 3 is 2.36 bits per heavy atom. The standard InChI is InChI=1S/C6H7O4P/c7-11(8,9)10-6-4-2-1-3-5-6/h1-5H,(H2,7,8,9)/p-1. The zero-order valence-corrected chi connectivity index (χ0v) is 6.40. The van der Waals surface area contributed by atoms with E-state index in [4.69, 9.17) is 4.89 Å². The SMILES string of the molecule is O=P([O-])(O)Oc1ccccc1. The van der Waals surface area contributed by atoms with Crippen molar-refractivity contribution >= 4 is 7.82 Å². The molecule has 0 saturated carbocycles. The molecule has 0 spiro atoms. The van der Waals surface area contributed by atoms with Crippen LogP contribution >= 0.6 is 7.82 Å². The number of hydrogen-bond acceptors (Lipinski definition) is 3. The molecule has 5 heteroatoms. The quantitative estimate of drug-likeness (QED) is 0.662. The Labute approximate surface area is 63.7 Å². The fraction of sp³-hybridized carbons (Fsp3) is 0. The third kappa shape index (κ3) is 3.18. The monoisotopic (exact) mass is 173 g/mol. The van der Waals surface area contributed by atoms with Gasteiger partial charge in [-0.3, -0.25) is 4.57 Å². The van der Waals surface area contributed by atoms with Crippen molar-refractivity contribution in [1.82, 2.24) is 0 Å². The lowest BCUT2D eigenvalue weighted by atomic mass is 10.3. The molecule has 0 amide bonds. The van der Waals surface area contributed by atoms with Gasteiger partial charge in [-0.15, -0.1) is 0 Å². The summed E-state index contributed by atoms with van der Waals surface area (Å²) >= 11 is 0. The summed E-state index contributed by atoms with van der Waals surface area (Å²) in [4.78, 5) is 18.4. The summed E-state index contributed by atoms with van der Waals surface area (Å²) in [5, 5.41) is 0. The third-order valence-corrected chi connectivity index (χ3v) is 1.41. The second kappa shape index (κ2) is 3.05. The summed E-state index contributed by atoms with van der Waals surface area (Å²) in [5.41, 5.74) is 0. The van der Waals surface area contributed by atoms with Gasteiger partial charge in [-0.05, 0) is 12.1 Å². The third-order valence-electron chi connectivity index (χ3n) is 0.964. The molecule has 60 valence electrons. The van der Waals surface area contributed by atoms with Crippen molar-refractivity contribution in [1.29, 1.82) is 0 Å². The Hall–Kier alpha value is -0.830. The molecular formula is C6H6O4P-. The predicted octanol–water partition coefficient (Wildman–Crippen LogP) is 0.526. The first-order chi connectivity index (χ1) is 5.08. The maximum atomic E-state index is 10.2. The molecule has 0 aliphatic heterocycles. The Balaban J connectivity index is 2.74. The van der Waals surface area contributed by atoms with E-state index < -0.39 is 7.82 Å². The van der Waals surface area contributed by atoms with E-state index in [1.807, 2.05) is 0 Å². The van der Waals surface area contributed by atoms with E-state index in [1.165, 1.54) is 12.1 Å². The Morgan fingerprint density at radius 1 is 1.36 bits per heavy atom. The minimum absolute atomic E-state index is 0.105. The lowest BCUT2D eigenvalue weighted by Crippen LogP contribution is -2.05. The second-order valence-corrected chi connectivity index (χ2v) is 2.99. The zero-order chi connectivity index (χ0) is 8.32. The fourth-order valence-electron chi connectivity index (χ4n) is 0.615. The Morgan fingerprint density at radius 2 is 1.91 bits per heavy atom. The minimum atomic E-state index is -4.64. The number of hydrogen-bond donors (Lipinski definition) is 1. The second-order valence-electron chi connectivity index (χ2n) is 1.87. The van der Waals surface area contributed by atoms with Gasteiger partial charge < -0.3 is 14.3 Å². The smallest absolute Gasteiger partial charge is 0.317 e. The summed E-state index contributed by atoms with van der Waals surface area (Å²) in [6.45, 7) is 0. The van der Waals surface area contributed by atoms with Crippen LogP contribution in [0.2, 0.25) is 0 Å². The Kier molecular flexibility index (Phi) is 2.29. The first-order valence-corrected chi connectivity index (χ1v) is 4.36. The molecule has 0 aliphatic carbocycles. The number of phosphoric acid groups is 1. The van der Waals surface area contributed by atoms with Crippen molar-refractivity contribution in [2.75, 3.05) is 0 Å². The highest BCUT2D eigenvalue weighted by atomic mass is 31.2. The van der Waals surface area contributed by atoms with Gasteiger partial charge in [-0.2, -0.15) is 0 Å². The molecule has 0 saturated heterocycles. The molecule has 1 aromatic carbocycles. The van der Waals surface area contributed by atoms with Crippen LogP contribution in [-0.2, 0) is 4.57 Å². The zero-order valence-electron chi connectivity index (χ0n) is 5.51. The number of rotatable bonds is 2. The van der Waals surface area contributed by atoms with Crippen molar-refractivity contribution in [3.05, 3.63) is 30.3 Å². The molecule has 1 unspecified atom stereocenters. The van der Waals surface area contributed by atoms with Gasteiger partial charge >= 0.3 is 7.82 Å². The van der Waals surface area contributed by atoms with Gasteiger partial charge in [0.15, 0.2) is 0 Å². The van der Waals surface area contributed by atoms with E-state index >= 15 is 0 Å². The van der Waals surface area contributed by atoms with Crippen molar-refractivity contribution in [2.24, 2.45) is 0 Å². The van der Waals surface area contributed by atoms with Gasteiger partial charge in [0.1, 0.15) is 5.75 Å². The van der Waals surface area contributed by atoms with E-state index in [-0.39, 0.29) is 5.75 Å². The van der Waals surface area contributed by atoms with Gasteiger partial charge in [0.25, 0.3) is 0 Å². The molecule has 11 heavy (non-hydrogen) atoms. The van der Waals surface area contributed by atoms with Crippen LogP contribution in [0, 0.1) is 0 Å². The van der Waals surface area contributed by atoms with Crippen LogP contribution in [0.4, 0.5) is 0 Å². The van der Waals surface area contributed by atoms with E-state index in [9.17, 15) is 9.46 Å². The van der Waals surface area contributed by atoms with Crippen LogP contribution in [0.3, 0.4) is 0 Å². The molecule has 0 bridgehead atoms. The van der Waals surface area contributed by atoms with Gasteiger partial charge in [0.2, 0.25) is 0 Å². The molecule has 0 radical (unpaired) electrons. The van der Waals surface area contributed by atoms with Crippen molar-refractivity contribution in [3.8, 4) is 5.75 Å². The summed E-state index contributed by atoms with van der Waals surface area (Å²) in [7, 11) is -4.64. The normalized spacial score (nSPS) is 15.5. The summed E-state index contributed by atoms with van der Waals surface area (Å²) in [6.07, 6.45) is 0. The molecule has 1 atom stereocenters. The molecule has 0 aromatic heterocycles. The molecule has 1 rings (SSSR count). The number of para-hydroxylation sites is 1. The lowest BCUT2D eigenvalue weighted by molar-refractivity contribution is -0.211. The fourth-order valence-corrected chi connectivity index (χ4v) is 1.00. The molecule has 0 fully saturated rings. The van der Waals surface area contributed by atoms with E-state index in [2.05, 4.69) is 4.52 Å². The Bertz CT molecular complexity index is 265. The first kappa shape index (κ1) is 8.27. The van der Waals surface area contributed by atoms with Crippen LogP contribution in [0.1, 0.15) is 0 Å². The maximum Gasteiger partial charge on any atom is 0.317 e. The van der Waals surface area contributed by atoms with Crippen LogP contribution in [-0.4, -0.2) is 4.89 Å². The largest absolute Gasteiger partial charge is 0.746 e. The van der Waals surface area contributed by atoms with Crippen LogP contribution in [0.5, 0.6) is 5.75 Å². The topological polar surface area (TPSA) is 69.6 Å². The van der Waals surface area contributed by atoms with Crippen LogP contribution in [0.15, 0.2) is 30.3 Å². The first-order valence-electron chi connectivity index (χ1n) is 2.86. The van der Waals surface area contributed by atoms with E-state index in [1.54, 1.807) is 18.2 Å². The van der Waals surface area contributed by atoms with Gasteiger partial charge in [0, 0.05) is 0 Å². The predicted molar refractivity (Wildman–Crippen MR) is 36.9 cm³/mol.